The molecule has 4 nitrogen and oxygen atoms in total. The average Bonchev–Trinajstić information content (AvgIpc) is 2.58. The summed E-state index contributed by atoms with van der Waals surface area (Å²) in [5.74, 6) is -1.27. The zero-order valence-electron chi connectivity index (χ0n) is 16.8. The third-order valence-corrected chi connectivity index (χ3v) is 5.37. The monoisotopic (exact) mass is 390 g/mol. The van der Waals surface area contributed by atoms with Gasteiger partial charge in [-0.3, -0.25) is 4.79 Å². The Morgan fingerprint density at radius 2 is 1.58 bits per heavy atom. The van der Waals surface area contributed by atoms with Gasteiger partial charge in [0.25, 0.3) is 0 Å². The second-order valence-electron chi connectivity index (χ2n) is 7.52. The van der Waals surface area contributed by atoms with Gasteiger partial charge in [0, 0.05) is 5.97 Å². The van der Waals surface area contributed by atoms with Crippen molar-refractivity contribution in [3.63, 3.8) is 0 Å². The van der Waals surface area contributed by atoms with E-state index in [1.54, 1.807) is 0 Å². The molecule has 0 aliphatic heterocycles. The second-order valence-corrected chi connectivity index (χ2v) is 7.52. The second kappa shape index (κ2) is 16.3. The van der Waals surface area contributed by atoms with Crippen LogP contribution in [-0.4, -0.2) is 17.0 Å². The maximum atomic E-state index is 11.6. The predicted octanol–water partition coefficient (Wildman–Crippen LogP) is 1.33. The van der Waals surface area contributed by atoms with Crippen LogP contribution < -0.4 is 56.5 Å². The number of carbonyl (C=O) groups excluding carboxylic acids is 1. The van der Waals surface area contributed by atoms with Crippen molar-refractivity contribution in [3.05, 3.63) is 12.2 Å². The van der Waals surface area contributed by atoms with E-state index in [0.29, 0.717) is 12.3 Å². The number of unbranched alkanes of at least 4 members (excludes halogenated alkanes) is 7. The Bertz CT molecular complexity index is 422. The molecule has 3 atom stereocenters. The van der Waals surface area contributed by atoms with Gasteiger partial charge in [-0.1, -0.05) is 70.4 Å². The number of hydrogen-bond acceptors (Lipinski definition) is 3. The van der Waals surface area contributed by atoms with E-state index in [9.17, 15) is 19.8 Å². The molecule has 1 aliphatic rings. The fourth-order valence-electron chi connectivity index (χ4n) is 3.82. The maximum Gasteiger partial charge on any atom is 1.00 e. The minimum absolute atomic E-state index is 0. The summed E-state index contributed by atoms with van der Waals surface area (Å²) in [4.78, 5) is 22.0. The molecule has 0 saturated carbocycles. The molecule has 1 N–H and O–H groups in total. The van der Waals surface area contributed by atoms with Crippen molar-refractivity contribution in [1.82, 2.24) is 0 Å². The first kappa shape index (κ1) is 26.3. The molecule has 0 bridgehead atoms. The fourth-order valence-corrected chi connectivity index (χ4v) is 3.82. The normalized spacial score (nSPS) is 22.0. The van der Waals surface area contributed by atoms with Crippen molar-refractivity contribution < 1.29 is 71.2 Å². The fraction of sp³-hybridized carbons (Fsp3) is 0.810. The van der Waals surface area contributed by atoms with Crippen LogP contribution in [0.25, 0.3) is 0 Å². The van der Waals surface area contributed by atoms with E-state index >= 15 is 0 Å². The van der Waals surface area contributed by atoms with Gasteiger partial charge in [-0.05, 0) is 43.9 Å². The van der Waals surface area contributed by atoms with Gasteiger partial charge in [-0.25, -0.2) is 0 Å². The summed E-state index contributed by atoms with van der Waals surface area (Å²) in [7, 11) is 0. The molecule has 0 radical (unpaired) electrons. The number of rotatable bonds is 14. The standard InChI is InChI=1S/C21H36O4.K/c1-2-3-4-8-11-17-14-15-18(19(16-17)21(24)25)12-9-6-5-7-10-13-20(22)23;/h14-15,17-19H,2-13,16H2,1H3,(H,22,23)(H,24,25);/q;+1/p-1. The number of carbonyl (C=O) groups is 2. The van der Waals surface area contributed by atoms with Crippen LogP contribution in [0.3, 0.4) is 0 Å². The molecule has 0 aromatic heterocycles. The molecule has 1 aliphatic carbocycles. The van der Waals surface area contributed by atoms with Crippen LogP contribution in [0.4, 0.5) is 0 Å². The summed E-state index contributed by atoms with van der Waals surface area (Å²) in [6.45, 7) is 2.20. The number of hydrogen-bond donors (Lipinski definition) is 1. The first-order valence-electron chi connectivity index (χ1n) is 10.2. The Morgan fingerprint density at radius 1 is 0.962 bits per heavy atom. The predicted molar refractivity (Wildman–Crippen MR) is 97.9 cm³/mol. The molecule has 3 unspecified atom stereocenters. The third-order valence-electron chi connectivity index (χ3n) is 5.37. The Hall–Kier alpha value is 0.316. The van der Waals surface area contributed by atoms with Crippen LogP contribution >= 0.6 is 0 Å². The van der Waals surface area contributed by atoms with Crippen LogP contribution in [0, 0.1) is 17.8 Å². The van der Waals surface area contributed by atoms with E-state index in [2.05, 4.69) is 19.1 Å². The molecule has 144 valence electrons. The molecule has 0 saturated heterocycles. The van der Waals surface area contributed by atoms with Gasteiger partial charge in [0.2, 0.25) is 0 Å². The summed E-state index contributed by atoms with van der Waals surface area (Å²) >= 11 is 0. The van der Waals surface area contributed by atoms with E-state index in [-0.39, 0.29) is 69.6 Å². The van der Waals surface area contributed by atoms with Gasteiger partial charge < -0.3 is 15.0 Å². The molecule has 26 heavy (non-hydrogen) atoms. The summed E-state index contributed by atoms with van der Waals surface area (Å²) in [5, 5.41) is 19.9. The average molecular weight is 391 g/mol. The van der Waals surface area contributed by atoms with Crippen LogP contribution in [0.15, 0.2) is 12.2 Å². The molecule has 5 heteroatoms. The van der Waals surface area contributed by atoms with Gasteiger partial charge in [0.1, 0.15) is 0 Å². The van der Waals surface area contributed by atoms with Gasteiger partial charge in [0.05, 0.1) is 5.92 Å². The van der Waals surface area contributed by atoms with Gasteiger partial charge in [-0.15, -0.1) is 0 Å². The SMILES string of the molecule is CCCCCCC1C=CC(CCCCCCCC(=O)[O-])C(C(=O)O)C1.[K+]. The first-order chi connectivity index (χ1) is 12.0. The van der Waals surface area contributed by atoms with E-state index < -0.39 is 11.9 Å². The van der Waals surface area contributed by atoms with Crippen LogP contribution in [0.2, 0.25) is 0 Å². The molecule has 0 amide bonds. The van der Waals surface area contributed by atoms with Crippen molar-refractivity contribution in [2.24, 2.45) is 17.8 Å². The third kappa shape index (κ3) is 11.9. The number of carboxylic acids is 2. The summed E-state index contributed by atoms with van der Waals surface area (Å²) in [6.07, 6.45) is 17.0. The Kier molecular flexibility index (Phi) is 16.5. The minimum Gasteiger partial charge on any atom is -0.550 e. The summed E-state index contributed by atoms with van der Waals surface area (Å²) in [5.41, 5.74) is 0. The number of carboxylic acid groups (broad SMARTS) is 2. The Morgan fingerprint density at radius 3 is 2.23 bits per heavy atom. The zero-order chi connectivity index (χ0) is 18.5. The van der Waals surface area contributed by atoms with Crippen molar-refractivity contribution in [2.75, 3.05) is 0 Å². The molecular formula is C21H35KO4. The molecule has 0 aromatic rings. The molecule has 0 spiro atoms. The van der Waals surface area contributed by atoms with Crippen LogP contribution in [0.1, 0.15) is 90.4 Å². The van der Waals surface area contributed by atoms with Crippen molar-refractivity contribution in [1.29, 1.82) is 0 Å². The quantitative estimate of drug-likeness (QED) is 0.276. The van der Waals surface area contributed by atoms with Crippen molar-refractivity contribution >= 4 is 11.9 Å². The molecule has 0 heterocycles. The van der Waals surface area contributed by atoms with Crippen molar-refractivity contribution in [3.8, 4) is 0 Å². The van der Waals surface area contributed by atoms with Crippen molar-refractivity contribution in [2.45, 2.75) is 90.4 Å². The number of allylic oxidation sites excluding steroid dienone is 2. The Labute approximate surface area is 201 Å². The topological polar surface area (TPSA) is 77.4 Å². The van der Waals surface area contributed by atoms with E-state index in [0.717, 1.165) is 44.9 Å². The largest absolute Gasteiger partial charge is 1.00 e. The number of aliphatic carboxylic acids is 2. The Balaban J connectivity index is 0.00000625. The van der Waals surface area contributed by atoms with Gasteiger partial charge in [-0.2, -0.15) is 0 Å². The van der Waals surface area contributed by atoms with Gasteiger partial charge >= 0.3 is 57.4 Å². The van der Waals surface area contributed by atoms with E-state index in [1.807, 2.05) is 0 Å². The molecule has 0 fully saturated rings. The van der Waals surface area contributed by atoms with E-state index in [1.165, 1.54) is 25.7 Å². The molecule has 0 aromatic carbocycles. The van der Waals surface area contributed by atoms with Gasteiger partial charge in [0.15, 0.2) is 0 Å². The maximum absolute atomic E-state index is 11.6. The molecular weight excluding hydrogens is 355 g/mol. The first-order valence-corrected chi connectivity index (χ1v) is 10.2. The zero-order valence-corrected chi connectivity index (χ0v) is 19.9. The summed E-state index contributed by atoms with van der Waals surface area (Å²) in [6, 6.07) is 0. The van der Waals surface area contributed by atoms with Crippen LogP contribution in [-0.2, 0) is 9.59 Å². The van der Waals surface area contributed by atoms with Crippen LogP contribution in [0.5, 0.6) is 0 Å². The summed E-state index contributed by atoms with van der Waals surface area (Å²) < 4.78 is 0. The molecule has 1 rings (SSSR count). The smallest absolute Gasteiger partial charge is 0.550 e. The minimum atomic E-state index is -0.971. The van der Waals surface area contributed by atoms with E-state index in [4.69, 9.17) is 0 Å².